The summed E-state index contributed by atoms with van der Waals surface area (Å²) in [5.74, 6) is 1.23. The van der Waals surface area contributed by atoms with Crippen LogP contribution in [0.4, 0.5) is 45.1 Å². The predicted molar refractivity (Wildman–Crippen MR) is 215 cm³/mol. The number of nitrogens with two attached hydrogens (primary N) is 1. The van der Waals surface area contributed by atoms with Gasteiger partial charge in [0.1, 0.15) is 29.0 Å². The van der Waals surface area contributed by atoms with E-state index in [1.54, 1.807) is 36.4 Å². The monoisotopic (exact) mass is 748 g/mol. The number of anilines is 7. The summed E-state index contributed by atoms with van der Waals surface area (Å²) >= 11 is 6.06. The van der Waals surface area contributed by atoms with E-state index in [1.165, 1.54) is 17.7 Å². The predicted octanol–water partition coefficient (Wildman–Crippen LogP) is 9.66. The molecule has 0 unspecified atom stereocenters. The standard InChI is InChI=1S/C42H34ClFN10O/c1-2-26-3-12-31(47-25-26)21-22-55-35-19-6-27(7-20-35)36-23-38(51-39(46)37(36)24-45)28-4-13-32(14-5-28)48-40-52-41(49-33-15-8-29(43)9-16-33)54-42(53-40)50-34-17-10-30(44)11-18-34/h3-20,23,25H,2,21-22H2,1H3,(H2,46,51)(H3,48,49,50,52,53,54). The highest BCUT2D eigenvalue weighted by molar-refractivity contribution is 6.30. The van der Waals surface area contributed by atoms with Crippen LogP contribution < -0.4 is 26.4 Å². The van der Waals surface area contributed by atoms with Gasteiger partial charge in [-0.3, -0.25) is 4.98 Å². The number of aromatic nitrogens is 5. The van der Waals surface area contributed by atoms with E-state index >= 15 is 0 Å². The third-order valence-corrected chi connectivity index (χ3v) is 8.77. The largest absolute Gasteiger partial charge is 0.493 e. The Balaban J connectivity index is 1.08. The van der Waals surface area contributed by atoms with Crippen LogP contribution in [0.25, 0.3) is 22.4 Å². The number of pyridine rings is 2. The fourth-order valence-corrected chi connectivity index (χ4v) is 5.72. The van der Waals surface area contributed by atoms with Gasteiger partial charge in [0.15, 0.2) is 0 Å². The Morgan fingerprint density at radius 2 is 1.29 bits per heavy atom. The Bertz CT molecular complexity index is 2370. The average molecular weight is 749 g/mol. The second-order valence-corrected chi connectivity index (χ2v) is 12.8. The van der Waals surface area contributed by atoms with Crippen LogP contribution in [0.2, 0.25) is 5.02 Å². The molecular weight excluding hydrogens is 715 g/mol. The van der Waals surface area contributed by atoms with Gasteiger partial charge >= 0.3 is 0 Å². The topological polar surface area (TPSA) is 160 Å². The first kappa shape index (κ1) is 36.3. The molecule has 272 valence electrons. The van der Waals surface area contributed by atoms with Crippen LogP contribution in [-0.4, -0.2) is 31.5 Å². The van der Waals surface area contributed by atoms with Gasteiger partial charge in [0, 0.05) is 51.5 Å². The second kappa shape index (κ2) is 16.7. The number of halogens is 2. The van der Waals surface area contributed by atoms with Crippen LogP contribution in [0.1, 0.15) is 23.7 Å². The van der Waals surface area contributed by atoms with Gasteiger partial charge in [0.05, 0.1) is 12.3 Å². The number of nitrogens with one attached hydrogen (secondary N) is 3. The molecule has 4 aromatic carbocycles. The lowest BCUT2D eigenvalue weighted by Gasteiger charge is -2.13. The van der Waals surface area contributed by atoms with Gasteiger partial charge in [0.2, 0.25) is 17.8 Å². The van der Waals surface area contributed by atoms with Crippen LogP contribution in [0.5, 0.6) is 5.75 Å². The summed E-state index contributed by atoms with van der Waals surface area (Å²) in [6.45, 7) is 2.59. The van der Waals surface area contributed by atoms with Crippen molar-refractivity contribution in [1.82, 2.24) is 24.9 Å². The van der Waals surface area contributed by atoms with E-state index in [-0.39, 0.29) is 29.5 Å². The normalized spacial score (nSPS) is 10.7. The molecule has 13 heteroatoms. The van der Waals surface area contributed by atoms with Crippen molar-refractivity contribution in [2.45, 2.75) is 19.8 Å². The molecular formula is C42H34ClFN10O. The van der Waals surface area contributed by atoms with Gasteiger partial charge in [0.25, 0.3) is 0 Å². The third-order valence-electron chi connectivity index (χ3n) is 8.52. The number of aryl methyl sites for hydroxylation is 1. The third kappa shape index (κ3) is 9.29. The summed E-state index contributed by atoms with van der Waals surface area (Å²) < 4.78 is 19.5. The molecule has 7 rings (SSSR count). The van der Waals surface area contributed by atoms with Crippen molar-refractivity contribution >= 4 is 52.3 Å². The van der Waals surface area contributed by atoms with E-state index in [2.05, 4.69) is 59.9 Å². The van der Waals surface area contributed by atoms with E-state index in [0.717, 1.165) is 28.9 Å². The van der Waals surface area contributed by atoms with E-state index in [4.69, 9.17) is 22.1 Å². The van der Waals surface area contributed by atoms with Crippen LogP contribution in [0.3, 0.4) is 0 Å². The molecule has 55 heavy (non-hydrogen) atoms. The number of hydrogen-bond donors (Lipinski definition) is 4. The molecule has 5 N–H and O–H groups in total. The molecule has 0 fully saturated rings. The molecule has 0 atom stereocenters. The number of ether oxygens (including phenoxy) is 1. The Kier molecular flexibility index (Phi) is 11.0. The van der Waals surface area contributed by atoms with Gasteiger partial charge in [-0.15, -0.1) is 0 Å². The van der Waals surface area contributed by atoms with Crippen LogP contribution >= 0.6 is 11.6 Å². The van der Waals surface area contributed by atoms with E-state index in [1.807, 2.05) is 66.9 Å². The minimum absolute atomic E-state index is 0.131. The summed E-state index contributed by atoms with van der Waals surface area (Å²) in [5, 5.41) is 20.1. The molecule has 0 radical (unpaired) electrons. The maximum atomic E-state index is 13.5. The molecule has 11 nitrogen and oxygen atoms in total. The van der Waals surface area contributed by atoms with E-state index in [0.29, 0.717) is 52.0 Å². The highest BCUT2D eigenvalue weighted by Crippen LogP contribution is 2.33. The Hall–Kier alpha value is -7.10. The highest BCUT2D eigenvalue weighted by Gasteiger charge is 2.15. The smallest absolute Gasteiger partial charge is 0.233 e. The van der Waals surface area contributed by atoms with E-state index in [9.17, 15) is 9.65 Å². The van der Waals surface area contributed by atoms with Crippen molar-refractivity contribution in [2.75, 3.05) is 28.3 Å². The van der Waals surface area contributed by atoms with Gasteiger partial charge in [-0.25, -0.2) is 9.37 Å². The minimum atomic E-state index is -0.356. The first-order valence-electron chi connectivity index (χ1n) is 17.4. The van der Waals surface area contributed by atoms with Crippen LogP contribution in [0.15, 0.2) is 121 Å². The van der Waals surface area contributed by atoms with Crippen molar-refractivity contribution in [3.63, 3.8) is 0 Å². The quantitative estimate of drug-likeness (QED) is 0.0889. The van der Waals surface area contributed by atoms with Crippen LogP contribution in [0, 0.1) is 17.1 Å². The van der Waals surface area contributed by atoms with Crippen molar-refractivity contribution < 1.29 is 9.13 Å². The molecule has 0 aliphatic heterocycles. The van der Waals surface area contributed by atoms with Crippen molar-refractivity contribution in [1.29, 1.82) is 5.26 Å². The number of nitrogen functional groups attached to an aromatic ring is 1. The first-order valence-corrected chi connectivity index (χ1v) is 17.8. The summed E-state index contributed by atoms with van der Waals surface area (Å²) in [6.07, 6.45) is 3.55. The molecule has 0 saturated carbocycles. The maximum absolute atomic E-state index is 13.5. The number of nitrogens with zero attached hydrogens (tertiary/aromatic N) is 6. The Morgan fingerprint density at radius 1 is 0.727 bits per heavy atom. The molecule has 0 aliphatic rings. The zero-order valence-electron chi connectivity index (χ0n) is 29.6. The second-order valence-electron chi connectivity index (χ2n) is 12.3. The van der Waals surface area contributed by atoms with Gasteiger partial charge in [-0.2, -0.15) is 20.2 Å². The number of nitriles is 1. The zero-order valence-corrected chi connectivity index (χ0v) is 30.3. The van der Waals surface area contributed by atoms with Crippen LogP contribution in [-0.2, 0) is 12.8 Å². The van der Waals surface area contributed by atoms with Crippen molar-refractivity contribution in [3.05, 3.63) is 149 Å². The molecule has 0 saturated heterocycles. The lowest BCUT2D eigenvalue weighted by Crippen LogP contribution is -2.07. The van der Waals surface area contributed by atoms with Gasteiger partial charge < -0.3 is 26.4 Å². The zero-order chi connectivity index (χ0) is 38.1. The average Bonchev–Trinajstić information content (AvgIpc) is 3.20. The summed E-state index contributed by atoms with van der Waals surface area (Å²) in [5.41, 5.74) is 13.6. The molecule has 0 aliphatic carbocycles. The SMILES string of the molecule is CCc1ccc(CCOc2ccc(-c3cc(-c4ccc(Nc5nc(Nc6ccc(F)cc6)nc(Nc6ccc(Cl)cc6)n5)cc4)nc(N)c3C#N)cc2)nc1. The summed E-state index contributed by atoms with van der Waals surface area (Å²) in [7, 11) is 0. The molecule has 0 bridgehead atoms. The number of hydrogen-bond acceptors (Lipinski definition) is 11. The van der Waals surface area contributed by atoms with E-state index < -0.39 is 0 Å². The lowest BCUT2D eigenvalue weighted by atomic mass is 9.98. The lowest BCUT2D eigenvalue weighted by molar-refractivity contribution is 0.320. The Labute approximate surface area is 322 Å². The first-order chi connectivity index (χ1) is 26.8. The fourth-order valence-electron chi connectivity index (χ4n) is 5.60. The fraction of sp³-hybridized carbons (Fsp3) is 0.0952. The number of rotatable bonds is 13. The van der Waals surface area contributed by atoms with Crippen molar-refractivity contribution in [2.24, 2.45) is 0 Å². The molecule has 0 amide bonds. The highest BCUT2D eigenvalue weighted by atomic mass is 35.5. The Morgan fingerprint density at radius 3 is 1.84 bits per heavy atom. The molecule has 3 heterocycles. The summed E-state index contributed by atoms with van der Waals surface area (Å²) in [4.78, 5) is 22.6. The molecule has 0 spiro atoms. The molecule has 3 aromatic heterocycles. The van der Waals surface area contributed by atoms with Gasteiger partial charge in [-0.05, 0) is 102 Å². The summed E-state index contributed by atoms with van der Waals surface area (Å²) in [6, 6.07) is 36.2. The molecule has 7 aromatic rings. The van der Waals surface area contributed by atoms with Crippen molar-refractivity contribution in [3.8, 4) is 34.2 Å². The van der Waals surface area contributed by atoms with Gasteiger partial charge in [-0.1, -0.05) is 48.9 Å². The maximum Gasteiger partial charge on any atom is 0.233 e. The minimum Gasteiger partial charge on any atom is -0.493 e. The number of benzene rings is 4.